The van der Waals surface area contributed by atoms with Gasteiger partial charge in [0, 0.05) is 18.5 Å². The largest absolute Gasteiger partial charge is 0.496 e. The van der Waals surface area contributed by atoms with E-state index in [2.05, 4.69) is 126 Å². The van der Waals surface area contributed by atoms with Crippen molar-refractivity contribution in [1.82, 2.24) is 4.90 Å². The molecule has 0 atom stereocenters. The van der Waals surface area contributed by atoms with Crippen LogP contribution in [0.25, 0.3) is 0 Å². The summed E-state index contributed by atoms with van der Waals surface area (Å²) in [4.78, 5) is 2.57. The standard InChI is InChI=1S/C40H67NO2/c1-16-18-20-41(19-17-2)21-22-43-35-29(24-32(38(6,7)8)26-31(35)28-37(3,4)5)23-30-25-33(39(9,10)11)27-34(36(30)42-15)40(12,13)14/h24-27H,16-23,28H2,1-15H3. The van der Waals surface area contributed by atoms with Crippen LogP contribution in [0.5, 0.6) is 11.5 Å². The zero-order valence-corrected chi connectivity index (χ0v) is 30.9. The monoisotopic (exact) mass is 594 g/mol. The topological polar surface area (TPSA) is 21.7 Å². The molecular weight excluding hydrogens is 526 g/mol. The predicted molar refractivity (Wildman–Crippen MR) is 189 cm³/mol. The Balaban J connectivity index is 2.77. The van der Waals surface area contributed by atoms with Crippen LogP contribution >= 0.6 is 0 Å². The van der Waals surface area contributed by atoms with Crippen molar-refractivity contribution >= 4 is 0 Å². The zero-order valence-electron chi connectivity index (χ0n) is 30.9. The van der Waals surface area contributed by atoms with Crippen molar-refractivity contribution in [2.75, 3.05) is 33.4 Å². The van der Waals surface area contributed by atoms with E-state index in [-0.39, 0.29) is 21.7 Å². The van der Waals surface area contributed by atoms with Gasteiger partial charge < -0.3 is 9.47 Å². The first-order valence-electron chi connectivity index (χ1n) is 16.9. The third-order valence-corrected chi connectivity index (χ3v) is 8.28. The summed E-state index contributed by atoms with van der Waals surface area (Å²) in [7, 11) is 1.83. The van der Waals surface area contributed by atoms with Crippen LogP contribution in [0.2, 0.25) is 0 Å². The molecule has 0 spiro atoms. The summed E-state index contributed by atoms with van der Waals surface area (Å²) >= 11 is 0. The molecule has 2 aromatic rings. The molecule has 43 heavy (non-hydrogen) atoms. The average molecular weight is 594 g/mol. The molecule has 0 radical (unpaired) electrons. The van der Waals surface area contributed by atoms with Gasteiger partial charge >= 0.3 is 0 Å². The van der Waals surface area contributed by atoms with Crippen LogP contribution in [0, 0.1) is 5.41 Å². The van der Waals surface area contributed by atoms with Gasteiger partial charge in [-0.1, -0.05) is 128 Å². The van der Waals surface area contributed by atoms with E-state index in [1.54, 1.807) is 0 Å². The number of unbranched alkanes of at least 4 members (excludes halogenated alkanes) is 1. The summed E-state index contributed by atoms with van der Waals surface area (Å²) < 4.78 is 13.1. The van der Waals surface area contributed by atoms with Gasteiger partial charge in [0.15, 0.2) is 0 Å². The first-order chi connectivity index (χ1) is 19.7. The molecule has 2 aromatic carbocycles. The van der Waals surface area contributed by atoms with E-state index >= 15 is 0 Å². The van der Waals surface area contributed by atoms with Gasteiger partial charge in [0.25, 0.3) is 0 Å². The van der Waals surface area contributed by atoms with E-state index in [4.69, 9.17) is 9.47 Å². The SMILES string of the molecule is CCCCN(CCC)CCOc1c(Cc2cc(C(C)(C)C)cc(C(C)(C)C)c2OC)cc(C(C)(C)C)cc1CC(C)(C)C. The lowest BCUT2D eigenvalue weighted by molar-refractivity contribution is 0.204. The average Bonchev–Trinajstić information content (AvgIpc) is 2.85. The highest BCUT2D eigenvalue weighted by Gasteiger charge is 2.28. The molecule has 0 saturated carbocycles. The minimum Gasteiger partial charge on any atom is -0.496 e. The molecule has 3 nitrogen and oxygen atoms in total. The summed E-state index contributed by atoms with van der Waals surface area (Å²) in [5, 5.41) is 0. The highest BCUT2D eigenvalue weighted by Crippen LogP contribution is 2.42. The quantitative estimate of drug-likeness (QED) is 0.231. The van der Waals surface area contributed by atoms with Gasteiger partial charge in [0.1, 0.15) is 18.1 Å². The Hall–Kier alpha value is -2.00. The Morgan fingerprint density at radius 2 is 1.14 bits per heavy atom. The van der Waals surface area contributed by atoms with Crippen LogP contribution in [-0.2, 0) is 29.1 Å². The number of nitrogens with zero attached hydrogens (tertiary/aromatic N) is 1. The molecule has 0 fully saturated rings. The van der Waals surface area contributed by atoms with Crippen LogP contribution < -0.4 is 9.47 Å². The van der Waals surface area contributed by atoms with Gasteiger partial charge in [-0.2, -0.15) is 0 Å². The van der Waals surface area contributed by atoms with E-state index < -0.39 is 0 Å². The fourth-order valence-corrected chi connectivity index (χ4v) is 5.77. The summed E-state index contributed by atoms with van der Waals surface area (Å²) in [5.74, 6) is 2.09. The molecule has 0 saturated heterocycles. The molecule has 3 heteroatoms. The van der Waals surface area contributed by atoms with Crippen LogP contribution in [-0.4, -0.2) is 38.3 Å². The van der Waals surface area contributed by atoms with Crippen LogP contribution in [0.1, 0.15) is 150 Å². The van der Waals surface area contributed by atoms with Crippen molar-refractivity contribution in [2.24, 2.45) is 5.41 Å². The Bertz CT molecular complexity index is 1170. The molecular formula is C40H67NO2. The fraction of sp³-hybridized carbons (Fsp3) is 0.700. The van der Waals surface area contributed by atoms with E-state index in [0.717, 1.165) is 44.0 Å². The fourth-order valence-electron chi connectivity index (χ4n) is 5.77. The number of hydrogen-bond donors (Lipinski definition) is 0. The molecule has 244 valence electrons. The summed E-state index contributed by atoms with van der Waals surface area (Å²) in [6, 6.07) is 9.60. The molecule has 0 aliphatic heterocycles. The van der Waals surface area contributed by atoms with Gasteiger partial charge in [-0.3, -0.25) is 4.90 Å². The number of ether oxygens (including phenoxy) is 2. The lowest BCUT2D eigenvalue weighted by Crippen LogP contribution is -2.30. The highest BCUT2D eigenvalue weighted by atomic mass is 16.5. The second-order valence-electron chi connectivity index (χ2n) is 17.0. The van der Waals surface area contributed by atoms with Gasteiger partial charge in [-0.15, -0.1) is 0 Å². The van der Waals surface area contributed by atoms with Crippen molar-refractivity contribution in [2.45, 2.75) is 145 Å². The number of methoxy groups -OCH3 is 1. The Morgan fingerprint density at radius 1 is 0.605 bits per heavy atom. The smallest absolute Gasteiger partial charge is 0.126 e. The van der Waals surface area contributed by atoms with Gasteiger partial charge in [-0.05, 0) is 81.8 Å². The minimum absolute atomic E-state index is 0.0336. The maximum atomic E-state index is 6.90. The number of hydrogen-bond acceptors (Lipinski definition) is 3. The lowest BCUT2D eigenvalue weighted by Gasteiger charge is -2.30. The minimum atomic E-state index is -0.0352. The highest BCUT2D eigenvalue weighted by molar-refractivity contribution is 5.55. The van der Waals surface area contributed by atoms with Crippen molar-refractivity contribution in [3.63, 3.8) is 0 Å². The van der Waals surface area contributed by atoms with E-state index in [1.807, 2.05) is 7.11 Å². The third kappa shape index (κ3) is 11.1. The van der Waals surface area contributed by atoms with Gasteiger partial charge in [0.05, 0.1) is 7.11 Å². The molecule has 2 rings (SSSR count). The van der Waals surface area contributed by atoms with Crippen molar-refractivity contribution in [1.29, 1.82) is 0 Å². The van der Waals surface area contributed by atoms with Crippen molar-refractivity contribution in [3.05, 3.63) is 57.6 Å². The molecule has 0 unspecified atom stereocenters. The van der Waals surface area contributed by atoms with Crippen molar-refractivity contribution < 1.29 is 9.47 Å². The van der Waals surface area contributed by atoms with E-state index in [0.29, 0.717) is 6.61 Å². The molecule has 0 aliphatic carbocycles. The van der Waals surface area contributed by atoms with Gasteiger partial charge in [0.2, 0.25) is 0 Å². The Labute approximate surface area is 267 Å². The first-order valence-corrected chi connectivity index (χ1v) is 16.9. The predicted octanol–water partition coefficient (Wildman–Crippen LogP) is 10.7. The number of rotatable bonds is 13. The van der Waals surface area contributed by atoms with Crippen LogP contribution in [0.15, 0.2) is 24.3 Å². The molecule has 0 heterocycles. The molecule has 0 aromatic heterocycles. The summed E-state index contributed by atoms with van der Waals surface area (Å²) in [6.07, 6.45) is 5.38. The van der Waals surface area contributed by atoms with Crippen molar-refractivity contribution in [3.8, 4) is 11.5 Å². The normalized spacial score (nSPS) is 13.1. The Morgan fingerprint density at radius 3 is 1.60 bits per heavy atom. The Kier molecular flexibility index (Phi) is 12.8. The molecule has 0 aliphatic rings. The number of benzene rings is 2. The summed E-state index contributed by atoms with van der Waals surface area (Å²) in [6.45, 7) is 36.2. The summed E-state index contributed by atoms with van der Waals surface area (Å²) in [5.41, 5.74) is 8.00. The van der Waals surface area contributed by atoms with Crippen LogP contribution in [0.3, 0.4) is 0 Å². The second-order valence-corrected chi connectivity index (χ2v) is 17.0. The molecule has 0 bridgehead atoms. The molecule has 0 N–H and O–H groups in total. The van der Waals surface area contributed by atoms with Gasteiger partial charge in [-0.25, -0.2) is 0 Å². The van der Waals surface area contributed by atoms with E-state index in [9.17, 15) is 0 Å². The lowest BCUT2D eigenvalue weighted by atomic mass is 9.77. The second kappa shape index (κ2) is 14.9. The van der Waals surface area contributed by atoms with Crippen LogP contribution in [0.4, 0.5) is 0 Å². The maximum absolute atomic E-state index is 6.90. The van der Waals surface area contributed by atoms with E-state index in [1.165, 1.54) is 52.6 Å². The first kappa shape index (κ1) is 37.2. The molecule has 0 amide bonds. The maximum Gasteiger partial charge on any atom is 0.126 e. The third-order valence-electron chi connectivity index (χ3n) is 8.28. The zero-order chi connectivity index (χ0) is 32.8.